The third-order valence-electron chi connectivity index (χ3n) is 7.72. The van der Waals surface area contributed by atoms with Gasteiger partial charge in [0.25, 0.3) is 0 Å². The molecule has 2 N–H and O–H groups in total. The SMILES string of the molecule is CC(C)CCN1C(=O)[C@H]2[C@H](C(=O)NC3CCCCC3)[C@]3(C)C=C[C@]2(O3)[C@@H]1C(=O)NC(C)(C)C. The summed E-state index contributed by atoms with van der Waals surface area (Å²) in [5.74, 6) is -1.40. The van der Waals surface area contributed by atoms with Gasteiger partial charge in [-0.15, -0.1) is 0 Å². The molecule has 3 aliphatic heterocycles. The molecular formula is C26H41N3O4. The van der Waals surface area contributed by atoms with Gasteiger partial charge in [0.2, 0.25) is 17.7 Å². The van der Waals surface area contributed by atoms with Gasteiger partial charge in [-0.25, -0.2) is 0 Å². The van der Waals surface area contributed by atoms with Gasteiger partial charge < -0.3 is 20.3 Å². The molecule has 0 aromatic carbocycles. The van der Waals surface area contributed by atoms with E-state index in [9.17, 15) is 14.4 Å². The Labute approximate surface area is 198 Å². The van der Waals surface area contributed by atoms with E-state index < -0.39 is 34.6 Å². The Morgan fingerprint density at radius 2 is 1.82 bits per heavy atom. The molecule has 1 aliphatic carbocycles. The smallest absolute Gasteiger partial charge is 0.246 e. The lowest BCUT2D eigenvalue weighted by Crippen LogP contribution is -2.58. The van der Waals surface area contributed by atoms with Crippen LogP contribution in [-0.4, -0.2) is 58.0 Å². The number of nitrogens with one attached hydrogen (secondary N) is 2. The Kier molecular flexibility index (Phi) is 6.17. The Morgan fingerprint density at radius 3 is 2.42 bits per heavy atom. The van der Waals surface area contributed by atoms with Crippen LogP contribution in [0, 0.1) is 17.8 Å². The van der Waals surface area contributed by atoms with Crippen LogP contribution in [0.2, 0.25) is 0 Å². The first-order valence-electron chi connectivity index (χ1n) is 12.7. The van der Waals surface area contributed by atoms with E-state index in [1.807, 2.05) is 39.8 Å². The van der Waals surface area contributed by atoms with E-state index in [0.717, 1.165) is 32.1 Å². The number of amides is 3. The van der Waals surface area contributed by atoms with E-state index in [2.05, 4.69) is 24.5 Å². The molecule has 3 fully saturated rings. The molecule has 0 aromatic rings. The fourth-order valence-corrected chi connectivity index (χ4v) is 6.24. The van der Waals surface area contributed by atoms with Crippen LogP contribution in [0.5, 0.6) is 0 Å². The molecule has 2 bridgehead atoms. The van der Waals surface area contributed by atoms with Gasteiger partial charge in [0.15, 0.2) is 0 Å². The molecule has 33 heavy (non-hydrogen) atoms. The van der Waals surface area contributed by atoms with Crippen molar-refractivity contribution in [2.75, 3.05) is 6.54 Å². The third kappa shape index (κ3) is 4.22. The molecule has 4 rings (SSSR count). The second-order valence-corrected chi connectivity index (χ2v) is 12.1. The van der Waals surface area contributed by atoms with Crippen LogP contribution < -0.4 is 10.6 Å². The number of hydrogen-bond donors (Lipinski definition) is 2. The van der Waals surface area contributed by atoms with Crippen molar-refractivity contribution in [2.45, 2.75) is 109 Å². The molecular weight excluding hydrogens is 418 g/mol. The van der Waals surface area contributed by atoms with Crippen LogP contribution in [0.3, 0.4) is 0 Å². The summed E-state index contributed by atoms with van der Waals surface area (Å²) < 4.78 is 6.55. The highest BCUT2D eigenvalue weighted by molar-refractivity contribution is 6.00. The molecule has 7 nitrogen and oxygen atoms in total. The molecule has 7 heteroatoms. The Balaban J connectivity index is 1.67. The maximum absolute atomic E-state index is 13.9. The van der Waals surface area contributed by atoms with Crippen molar-refractivity contribution in [3.05, 3.63) is 12.2 Å². The summed E-state index contributed by atoms with van der Waals surface area (Å²) in [5.41, 5.74) is -2.43. The van der Waals surface area contributed by atoms with Gasteiger partial charge in [-0.3, -0.25) is 14.4 Å². The maximum Gasteiger partial charge on any atom is 0.246 e. The largest absolute Gasteiger partial charge is 0.356 e. The highest BCUT2D eigenvalue weighted by Gasteiger charge is 2.76. The molecule has 0 radical (unpaired) electrons. The predicted octanol–water partition coefficient (Wildman–Crippen LogP) is 2.94. The quantitative estimate of drug-likeness (QED) is 0.598. The minimum absolute atomic E-state index is 0.116. The first kappa shape index (κ1) is 24.2. The number of carbonyl (C=O) groups excluding carboxylic acids is 3. The zero-order chi connectivity index (χ0) is 24.2. The summed E-state index contributed by atoms with van der Waals surface area (Å²) in [6.45, 7) is 12.4. The van der Waals surface area contributed by atoms with Gasteiger partial charge in [0.05, 0.1) is 17.4 Å². The van der Waals surface area contributed by atoms with Crippen molar-refractivity contribution < 1.29 is 19.1 Å². The summed E-state index contributed by atoms with van der Waals surface area (Å²) in [6.07, 6.45) is 9.99. The molecule has 0 aromatic heterocycles. The van der Waals surface area contributed by atoms with Crippen molar-refractivity contribution in [3.63, 3.8) is 0 Å². The number of likely N-dealkylation sites (tertiary alicyclic amines) is 1. The number of ether oxygens (including phenoxy) is 1. The van der Waals surface area contributed by atoms with Crippen molar-refractivity contribution in [1.82, 2.24) is 15.5 Å². The molecule has 184 valence electrons. The van der Waals surface area contributed by atoms with Gasteiger partial charge in [-0.2, -0.15) is 0 Å². The van der Waals surface area contributed by atoms with Crippen molar-refractivity contribution in [2.24, 2.45) is 17.8 Å². The van der Waals surface area contributed by atoms with E-state index in [1.54, 1.807) is 4.90 Å². The molecule has 3 heterocycles. The van der Waals surface area contributed by atoms with Gasteiger partial charge in [0.1, 0.15) is 11.6 Å². The van der Waals surface area contributed by atoms with Gasteiger partial charge in [-0.05, 0) is 52.9 Å². The van der Waals surface area contributed by atoms with Crippen LogP contribution in [0.25, 0.3) is 0 Å². The van der Waals surface area contributed by atoms with Crippen molar-refractivity contribution >= 4 is 17.7 Å². The van der Waals surface area contributed by atoms with Gasteiger partial charge >= 0.3 is 0 Å². The van der Waals surface area contributed by atoms with E-state index in [1.165, 1.54) is 6.42 Å². The van der Waals surface area contributed by atoms with E-state index in [-0.39, 0.29) is 23.8 Å². The number of hydrogen-bond acceptors (Lipinski definition) is 4. The summed E-state index contributed by atoms with van der Waals surface area (Å²) in [6, 6.07) is -0.624. The zero-order valence-corrected chi connectivity index (χ0v) is 21.1. The van der Waals surface area contributed by atoms with Crippen LogP contribution >= 0.6 is 0 Å². The average Bonchev–Trinajstić information content (AvgIpc) is 3.26. The summed E-state index contributed by atoms with van der Waals surface area (Å²) in [4.78, 5) is 42.7. The van der Waals surface area contributed by atoms with E-state index >= 15 is 0 Å². The molecule has 3 amide bonds. The molecule has 5 atom stereocenters. The lowest BCUT2D eigenvalue weighted by Gasteiger charge is -2.35. The summed E-state index contributed by atoms with van der Waals surface area (Å²) in [5, 5.41) is 6.29. The average molecular weight is 460 g/mol. The van der Waals surface area contributed by atoms with Crippen LogP contribution in [0.1, 0.15) is 80.1 Å². The fourth-order valence-electron chi connectivity index (χ4n) is 6.24. The predicted molar refractivity (Wildman–Crippen MR) is 126 cm³/mol. The van der Waals surface area contributed by atoms with Crippen LogP contribution in [0.4, 0.5) is 0 Å². The molecule has 0 unspecified atom stereocenters. The standard InChI is InChI=1S/C26H41N3O4/c1-16(2)12-15-29-20(22(31)28-24(3,4)5)26-14-13-25(6,33-26)18(19(26)23(29)32)21(30)27-17-10-8-7-9-11-17/h13-14,16-20H,7-12,15H2,1-6H3,(H,27,30)(H,28,31)/t18-,19-,20+,25+,26-/m1/s1. The Hall–Kier alpha value is -1.89. The third-order valence-corrected chi connectivity index (χ3v) is 7.72. The molecule has 1 saturated carbocycles. The number of nitrogens with zero attached hydrogens (tertiary/aromatic N) is 1. The Morgan fingerprint density at radius 1 is 1.15 bits per heavy atom. The minimum Gasteiger partial charge on any atom is -0.356 e. The van der Waals surface area contributed by atoms with Crippen molar-refractivity contribution in [1.29, 1.82) is 0 Å². The number of carbonyl (C=O) groups is 3. The topological polar surface area (TPSA) is 87.7 Å². The minimum atomic E-state index is -1.10. The maximum atomic E-state index is 13.9. The molecule has 2 saturated heterocycles. The lowest BCUT2D eigenvalue weighted by molar-refractivity contribution is -0.145. The highest BCUT2D eigenvalue weighted by Crippen LogP contribution is 2.59. The van der Waals surface area contributed by atoms with Gasteiger partial charge in [-0.1, -0.05) is 45.3 Å². The first-order valence-corrected chi connectivity index (χ1v) is 12.7. The fraction of sp³-hybridized carbons (Fsp3) is 0.808. The van der Waals surface area contributed by atoms with E-state index in [0.29, 0.717) is 12.5 Å². The van der Waals surface area contributed by atoms with Gasteiger partial charge in [0, 0.05) is 18.1 Å². The molecule has 1 spiro atoms. The number of rotatable bonds is 6. The number of fused-ring (bicyclic) bond motifs is 1. The van der Waals surface area contributed by atoms with E-state index in [4.69, 9.17) is 4.74 Å². The Bertz CT molecular complexity index is 841. The zero-order valence-electron chi connectivity index (χ0n) is 21.1. The van der Waals surface area contributed by atoms with Crippen LogP contribution in [0.15, 0.2) is 12.2 Å². The second kappa shape index (κ2) is 8.40. The first-order chi connectivity index (χ1) is 15.4. The summed E-state index contributed by atoms with van der Waals surface area (Å²) in [7, 11) is 0. The normalized spacial score (nSPS) is 35.9. The lowest BCUT2D eigenvalue weighted by atomic mass is 9.70. The summed E-state index contributed by atoms with van der Waals surface area (Å²) >= 11 is 0. The second-order valence-electron chi connectivity index (χ2n) is 12.1. The van der Waals surface area contributed by atoms with Crippen LogP contribution in [-0.2, 0) is 19.1 Å². The monoisotopic (exact) mass is 459 g/mol. The molecule has 4 aliphatic rings. The van der Waals surface area contributed by atoms with Crippen molar-refractivity contribution in [3.8, 4) is 0 Å². The highest BCUT2D eigenvalue weighted by atomic mass is 16.5.